The van der Waals surface area contributed by atoms with Gasteiger partial charge in [-0.15, -0.1) is 0 Å². The first kappa shape index (κ1) is 39.0. The monoisotopic (exact) mass is 869 g/mol. The van der Waals surface area contributed by atoms with Gasteiger partial charge in [-0.1, -0.05) is 173 Å². The minimum absolute atomic E-state index is 0.122. The van der Waals surface area contributed by atoms with E-state index in [1.807, 2.05) is 6.07 Å². The van der Waals surface area contributed by atoms with Crippen molar-refractivity contribution in [2.75, 3.05) is 4.90 Å². The molecular formula is C66H47NO. The van der Waals surface area contributed by atoms with Crippen molar-refractivity contribution < 1.29 is 4.42 Å². The molecule has 0 saturated carbocycles. The van der Waals surface area contributed by atoms with E-state index in [0.29, 0.717) is 0 Å². The van der Waals surface area contributed by atoms with E-state index in [0.717, 1.165) is 39.0 Å². The minimum Gasteiger partial charge on any atom is -0.456 e. The smallest absolute Gasteiger partial charge is 0.135 e. The molecule has 0 aliphatic heterocycles. The van der Waals surface area contributed by atoms with Crippen LogP contribution < -0.4 is 4.90 Å². The highest BCUT2D eigenvalue weighted by atomic mass is 16.3. The highest BCUT2D eigenvalue weighted by Crippen LogP contribution is 2.53. The number of anilines is 3. The van der Waals surface area contributed by atoms with Crippen molar-refractivity contribution in [3.05, 3.63) is 235 Å². The van der Waals surface area contributed by atoms with Crippen LogP contribution in [0.5, 0.6) is 0 Å². The molecule has 2 heteroatoms. The van der Waals surface area contributed by atoms with E-state index in [1.165, 1.54) is 99.1 Å². The average molecular weight is 870 g/mol. The molecule has 0 bridgehead atoms. The maximum atomic E-state index is 6.25. The first-order chi connectivity index (χ1) is 33.2. The van der Waals surface area contributed by atoms with Gasteiger partial charge in [0.2, 0.25) is 0 Å². The molecule has 0 atom stereocenters. The number of rotatable bonds is 5. The van der Waals surface area contributed by atoms with Gasteiger partial charge in [-0.2, -0.15) is 0 Å². The van der Waals surface area contributed by atoms with Gasteiger partial charge in [0.25, 0.3) is 0 Å². The summed E-state index contributed by atoms with van der Waals surface area (Å²) in [6.07, 6.45) is 0. The number of benzene rings is 11. The van der Waals surface area contributed by atoms with Crippen molar-refractivity contribution in [2.24, 2.45) is 0 Å². The third-order valence-electron chi connectivity index (χ3n) is 15.7. The Morgan fingerprint density at radius 1 is 0.279 bits per heavy atom. The molecule has 2 nitrogen and oxygen atoms in total. The number of hydrogen-bond acceptors (Lipinski definition) is 2. The maximum absolute atomic E-state index is 6.25. The summed E-state index contributed by atoms with van der Waals surface area (Å²) in [5.74, 6) is 0. The zero-order valence-electron chi connectivity index (χ0n) is 38.6. The van der Waals surface area contributed by atoms with Crippen molar-refractivity contribution >= 4 is 71.3 Å². The van der Waals surface area contributed by atoms with Gasteiger partial charge in [-0.25, -0.2) is 0 Å². The molecule has 0 spiro atoms. The summed E-state index contributed by atoms with van der Waals surface area (Å²) in [5.41, 5.74) is 20.7. The van der Waals surface area contributed by atoms with Crippen molar-refractivity contribution in [3.63, 3.8) is 0 Å². The highest BCUT2D eigenvalue weighted by Gasteiger charge is 2.38. The Hall–Kier alpha value is -8.20. The molecule has 0 amide bonds. The fourth-order valence-corrected chi connectivity index (χ4v) is 12.2. The maximum Gasteiger partial charge on any atom is 0.135 e. The molecule has 14 rings (SSSR count). The second-order valence-electron chi connectivity index (χ2n) is 20.0. The largest absolute Gasteiger partial charge is 0.456 e. The predicted octanol–water partition coefficient (Wildman–Crippen LogP) is 18.5. The van der Waals surface area contributed by atoms with E-state index in [9.17, 15) is 0 Å². The van der Waals surface area contributed by atoms with Gasteiger partial charge in [0.05, 0.1) is 0 Å². The van der Waals surface area contributed by atoms with Crippen LogP contribution in [0, 0.1) is 0 Å². The Morgan fingerprint density at radius 2 is 0.706 bits per heavy atom. The predicted molar refractivity (Wildman–Crippen MR) is 287 cm³/mol. The fourth-order valence-electron chi connectivity index (χ4n) is 12.2. The highest BCUT2D eigenvalue weighted by molar-refractivity contribution is 6.24. The summed E-state index contributed by atoms with van der Waals surface area (Å²) >= 11 is 0. The van der Waals surface area contributed by atoms with Gasteiger partial charge in [-0.3, -0.25) is 0 Å². The number of nitrogens with zero attached hydrogens (tertiary/aromatic N) is 1. The van der Waals surface area contributed by atoms with Crippen LogP contribution >= 0.6 is 0 Å². The van der Waals surface area contributed by atoms with Crippen LogP contribution in [0.15, 0.2) is 217 Å². The Kier molecular flexibility index (Phi) is 8.12. The van der Waals surface area contributed by atoms with E-state index in [1.54, 1.807) is 0 Å². The zero-order valence-corrected chi connectivity index (χ0v) is 38.6. The summed E-state index contributed by atoms with van der Waals surface area (Å²) in [4.78, 5) is 2.47. The van der Waals surface area contributed by atoms with Gasteiger partial charge in [0, 0.05) is 38.7 Å². The van der Waals surface area contributed by atoms with Gasteiger partial charge in [0.15, 0.2) is 0 Å². The first-order valence-electron chi connectivity index (χ1n) is 23.9. The third-order valence-corrected chi connectivity index (χ3v) is 15.7. The van der Waals surface area contributed by atoms with E-state index in [4.69, 9.17) is 4.42 Å². The molecule has 2 aliphatic rings. The summed E-state index contributed by atoms with van der Waals surface area (Å²) in [6, 6.07) is 79.1. The second kappa shape index (κ2) is 14.2. The molecule has 0 fully saturated rings. The minimum atomic E-state index is -0.122. The van der Waals surface area contributed by atoms with Crippen LogP contribution in [-0.2, 0) is 10.8 Å². The summed E-state index contributed by atoms with van der Waals surface area (Å²) in [6.45, 7) is 9.48. The Morgan fingerprint density at radius 3 is 1.28 bits per heavy atom. The Balaban J connectivity index is 0.925. The number of hydrogen-bond donors (Lipinski definition) is 0. The molecule has 322 valence electrons. The standard InChI is InChI=1S/C66H47NO/c1-65(2)59-22-12-9-19-49(59)51-32-30-43(36-61(51)65)67(44-31-33-52-50-20-10-13-23-60(50)66(3,4)62(52)37-44)42-28-25-40(26-29-42)54-38-56-48-18-8-6-16-46(48)55(39-57(56)47-17-7-5-15-45(47)54)41-27-34-64-58(35-41)53-21-11-14-24-63(53)68-64/h5-39H,1-4H3. The normalized spacial score (nSPS) is 14.1. The summed E-state index contributed by atoms with van der Waals surface area (Å²) < 4.78 is 6.25. The Labute approximate surface area is 396 Å². The molecule has 1 aromatic heterocycles. The third kappa shape index (κ3) is 5.52. The molecule has 0 radical (unpaired) electrons. The second-order valence-corrected chi connectivity index (χ2v) is 20.0. The lowest BCUT2D eigenvalue weighted by molar-refractivity contribution is 0.660. The molecule has 1 heterocycles. The van der Waals surface area contributed by atoms with Crippen LogP contribution in [0.25, 0.3) is 98.8 Å². The van der Waals surface area contributed by atoms with Gasteiger partial charge in [0.1, 0.15) is 11.2 Å². The van der Waals surface area contributed by atoms with Gasteiger partial charge >= 0.3 is 0 Å². The molecule has 2 aliphatic carbocycles. The molecule has 11 aromatic carbocycles. The molecule has 0 N–H and O–H groups in total. The lowest BCUT2D eigenvalue weighted by Crippen LogP contribution is -2.18. The van der Waals surface area contributed by atoms with E-state index in [-0.39, 0.29) is 10.8 Å². The first-order valence-corrected chi connectivity index (χ1v) is 23.9. The van der Waals surface area contributed by atoms with Crippen LogP contribution in [0.1, 0.15) is 49.9 Å². The number of para-hydroxylation sites is 1. The quantitative estimate of drug-likeness (QED) is 0.160. The molecular weight excluding hydrogens is 823 g/mol. The average Bonchev–Trinajstić information content (AvgIpc) is 3.95. The van der Waals surface area contributed by atoms with Crippen LogP contribution in [0.4, 0.5) is 17.1 Å². The van der Waals surface area contributed by atoms with Gasteiger partial charge in [-0.05, 0) is 166 Å². The molecule has 0 unspecified atom stereocenters. The Bertz CT molecular complexity index is 3980. The zero-order chi connectivity index (χ0) is 45.5. The lowest BCUT2D eigenvalue weighted by atomic mass is 9.82. The lowest BCUT2D eigenvalue weighted by Gasteiger charge is -2.30. The topological polar surface area (TPSA) is 16.4 Å². The van der Waals surface area contributed by atoms with Crippen molar-refractivity contribution in [1.29, 1.82) is 0 Å². The van der Waals surface area contributed by atoms with E-state index in [2.05, 4.69) is 239 Å². The summed E-state index contributed by atoms with van der Waals surface area (Å²) in [7, 11) is 0. The molecule has 68 heavy (non-hydrogen) atoms. The summed E-state index contributed by atoms with van der Waals surface area (Å²) in [5, 5.41) is 9.75. The van der Waals surface area contributed by atoms with Crippen molar-refractivity contribution in [2.45, 2.75) is 38.5 Å². The van der Waals surface area contributed by atoms with E-state index < -0.39 is 0 Å². The van der Waals surface area contributed by atoms with Crippen LogP contribution in [0.2, 0.25) is 0 Å². The molecule has 0 saturated heterocycles. The van der Waals surface area contributed by atoms with Crippen LogP contribution in [-0.4, -0.2) is 0 Å². The SMILES string of the molecule is CC1(C)c2ccccc2-c2ccc(N(c3ccc(-c4cc5c6ccccc6c(-c6ccc7oc8ccccc8c7c6)cc5c5ccccc45)cc3)c3ccc4c(c3)C(C)(C)c3ccccc3-4)cc21. The van der Waals surface area contributed by atoms with Crippen molar-refractivity contribution in [1.82, 2.24) is 0 Å². The van der Waals surface area contributed by atoms with Crippen molar-refractivity contribution in [3.8, 4) is 44.5 Å². The fraction of sp³-hybridized carbons (Fsp3) is 0.0909. The molecule has 12 aromatic rings. The van der Waals surface area contributed by atoms with E-state index >= 15 is 0 Å². The number of furan rings is 1. The van der Waals surface area contributed by atoms with Gasteiger partial charge < -0.3 is 9.32 Å². The van der Waals surface area contributed by atoms with Crippen LogP contribution in [0.3, 0.4) is 0 Å². The number of fused-ring (bicyclic) bond motifs is 14.